The van der Waals surface area contributed by atoms with Crippen LogP contribution in [0.4, 0.5) is 4.79 Å². The lowest BCUT2D eigenvalue weighted by Gasteiger charge is -2.26. The second kappa shape index (κ2) is 6.70. The number of urea groups is 1. The first-order valence-electron chi connectivity index (χ1n) is 8.36. The molecule has 0 saturated heterocycles. The summed E-state index contributed by atoms with van der Waals surface area (Å²) >= 11 is 0. The zero-order valence-electron chi connectivity index (χ0n) is 15.0. The Bertz CT molecular complexity index is 767. The van der Waals surface area contributed by atoms with Crippen LogP contribution in [0.2, 0.25) is 0 Å². The second-order valence-corrected chi connectivity index (χ2v) is 6.95. The van der Waals surface area contributed by atoms with Gasteiger partial charge >= 0.3 is 6.03 Å². The van der Waals surface area contributed by atoms with Crippen LogP contribution in [0.15, 0.2) is 34.7 Å². The van der Waals surface area contributed by atoms with Crippen LogP contribution in [0.25, 0.3) is 0 Å². The molecule has 1 aliphatic heterocycles. The zero-order chi connectivity index (χ0) is 18.0. The molecule has 1 aliphatic rings. The monoisotopic (exact) mass is 344 g/mol. The third-order valence-corrected chi connectivity index (χ3v) is 4.38. The maximum absolute atomic E-state index is 12.2. The quantitative estimate of drug-likeness (QED) is 0.868. The third kappa shape index (κ3) is 3.90. The standard InChI is InChI=1S/C19H24N2O4/c1-12-5-7-15(25-12)13(2)21-18(22)20-10-19(3,4)14-6-8-16-17(9-14)24-11-23-16/h5-9,13H,10-11H2,1-4H3,(H2,20,21,22). The van der Waals surface area contributed by atoms with Gasteiger partial charge in [0.1, 0.15) is 11.5 Å². The summed E-state index contributed by atoms with van der Waals surface area (Å²) in [4.78, 5) is 12.2. The molecular weight excluding hydrogens is 320 g/mol. The van der Waals surface area contributed by atoms with Gasteiger partial charge in [0.2, 0.25) is 6.79 Å². The highest BCUT2D eigenvalue weighted by Crippen LogP contribution is 2.36. The zero-order valence-corrected chi connectivity index (χ0v) is 15.0. The topological polar surface area (TPSA) is 72.7 Å². The molecule has 134 valence electrons. The number of aryl methyl sites for hydroxylation is 1. The van der Waals surface area contributed by atoms with Crippen molar-refractivity contribution in [2.75, 3.05) is 13.3 Å². The molecule has 3 rings (SSSR count). The molecule has 6 nitrogen and oxygen atoms in total. The number of hydrogen-bond donors (Lipinski definition) is 2. The molecule has 2 aromatic rings. The molecule has 0 aliphatic carbocycles. The van der Waals surface area contributed by atoms with Crippen LogP contribution in [-0.2, 0) is 5.41 Å². The summed E-state index contributed by atoms with van der Waals surface area (Å²) in [5.41, 5.74) is 0.829. The molecule has 0 bridgehead atoms. The van der Waals surface area contributed by atoms with Crippen LogP contribution in [0.5, 0.6) is 11.5 Å². The fraction of sp³-hybridized carbons (Fsp3) is 0.421. The molecule has 2 amide bonds. The number of furan rings is 1. The van der Waals surface area contributed by atoms with Gasteiger partial charge in [0.05, 0.1) is 6.04 Å². The predicted molar refractivity (Wildman–Crippen MR) is 94.0 cm³/mol. The Hall–Kier alpha value is -2.63. The minimum Gasteiger partial charge on any atom is -0.464 e. The van der Waals surface area contributed by atoms with Crippen molar-refractivity contribution in [3.8, 4) is 11.5 Å². The number of benzene rings is 1. The largest absolute Gasteiger partial charge is 0.464 e. The number of nitrogens with one attached hydrogen (secondary N) is 2. The lowest BCUT2D eigenvalue weighted by molar-refractivity contribution is 0.174. The van der Waals surface area contributed by atoms with Gasteiger partial charge in [0.25, 0.3) is 0 Å². The van der Waals surface area contributed by atoms with E-state index in [9.17, 15) is 4.79 Å². The number of ether oxygens (including phenoxy) is 2. The van der Waals surface area contributed by atoms with Gasteiger partial charge in [-0.1, -0.05) is 19.9 Å². The highest BCUT2D eigenvalue weighted by molar-refractivity contribution is 5.74. The van der Waals surface area contributed by atoms with Crippen LogP contribution >= 0.6 is 0 Å². The third-order valence-electron chi connectivity index (χ3n) is 4.38. The van der Waals surface area contributed by atoms with Gasteiger partial charge in [-0.2, -0.15) is 0 Å². The van der Waals surface area contributed by atoms with Crippen LogP contribution in [0.3, 0.4) is 0 Å². The van der Waals surface area contributed by atoms with Crippen molar-refractivity contribution in [3.05, 3.63) is 47.4 Å². The summed E-state index contributed by atoms with van der Waals surface area (Å²) in [6.45, 7) is 8.66. The molecule has 1 aromatic carbocycles. The number of rotatable bonds is 5. The Morgan fingerprint density at radius 3 is 2.68 bits per heavy atom. The summed E-state index contributed by atoms with van der Waals surface area (Å²) in [5, 5.41) is 5.82. The number of carbonyl (C=O) groups excluding carboxylic acids is 1. The number of amides is 2. The molecule has 2 N–H and O–H groups in total. The van der Waals surface area contributed by atoms with Gasteiger partial charge < -0.3 is 24.5 Å². The highest BCUT2D eigenvalue weighted by Gasteiger charge is 2.25. The van der Waals surface area contributed by atoms with Gasteiger partial charge in [-0.25, -0.2) is 4.79 Å². The first-order valence-corrected chi connectivity index (χ1v) is 8.36. The summed E-state index contributed by atoms with van der Waals surface area (Å²) in [5.74, 6) is 3.07. The molecule has 0 saturated carbocycles. The Morgan fingerprint density at radius 2 is 1.96 bits per heavy atom. The minimum atomic E-state index is -0.247. The first-order chi connectivity index (χ1) is 11.8. The van der Waals surface area contributed by atoms with Crippen molar-refractivity contribution in [2.24, 2.45) is 0 Å². The summed E-state index contributed by atoms with van der Waals surface area (Å²) in [7, 11) is 0. The SMILES string of the molecule is Cc1ccc(C(C)NC(=O)NCC(C)(C)c2ccc3c(c2)OCO3)o1. The number of carbonyl (C=O) groups is 1. The molecule has 1 unspecified atom stereocenters. The smallest absolute Gasteiger partial charge is 0.315 e. The normalized spacial score (nSPS) is 14.2. The lowest BCUT2D eigenvalue weighted by atomic mass is 9.84. The van der Waals surface area contributed by atoms with Crippen molar-refractivity contribution in [3.63, 3.8) is 0 Å². The molecule has 0 fully saturated rings. The van der Waals surface area contributed by atoms with Gasteiger partial charge in [0, 0.05) is 12.0 Å². The summed E-state index contributed by atoms with van der Waals surface area (Å²) in [6, 6.07) is 9.21. The summed E-state index contributed by atoms with van der Waals surface area (Å²) < 4.78 is 16.3. The average Bonchev–Trinajstić information content (AvgIpc) is 3.21. The Morgan fingerprint density at radius 1 is 1.20 bits per heavy atom. The van der Waals surface area contributed by atoms with Gasteiger partial charge in [-0.3, -0.25) is 0 Å². The maximum atomic E-state index is 12.2. The van der Waals surface area contributed by atoms with Crippen molar-refractivity contribution in [2.45, 2.75) is 39.2 Å². The molecule has 2 heterocycles. The van der Waals surface area contributed by atoms with E-state index in [0.29, 0.717) is 6.54 Å². The van der Waals surface area contributed by atoms with E-state index in [-0.39, 0.29) is 24.3 Å². The van der Waals surface area contributed by atoms with Crippen LogP contribution in [0, 0.1) is 6.92 Å². The molecular formula is C19H24N2O4. The Labute approximate surface area is 147 Å². The van der Waals surface area contributed by atoms with E-state index in [4.69, 9.17) is 13.9 Å². The Kier molecular flexibility index (Phi) is 4.61. The van der Waals surface area contributed by atoms with Crippen molar-refractivity contribution in [1.29, 1.82) is 0 Å². The van der Waals surface area contributed by atoms with Crippen LogP contribution < -0.4 is 20.1 Å². The molecule has 0 spiro atoms. The molecule has 1 aromatic heterocycles. The lowest BCUT2D eigenvalue weighted by Crippen LogP contribution is -2.43. The van der Waals surface area contributed by atoms with Gasteiger partial charge in [-0.05, 0) is 43.7 Å². The Balaban J connectivity index is 1.57. The number of hydrogen-bond acceptors (Lipinski definition) is 4. The van der Waals surface area contributed by atoms with Gasteiger partial charge in [0.15, 0.2) is 11.5 Å². The van der Waals surface area contributed by atoms with Crippen LogP contribution in [0.1, 0.15) is 43.9 Å². The number of fused-ring (bicyclic) bond motifs is 1. The van der Waals surface area contributed by atoms with Crippen LogP contribution in [-0.4, -0.2) is 19.4 Å². The van der Waals surface area contributed by atoms with Crippen molar-refractivity contribution in [1.82, 2.24) is 10.6 Å². The van der Waals surface area contributed by atoms with Gasteiger partial charge in [-0.15, -0.1) is 0 Å². The maximum Gasteiger partial charge on any atom is 0.315 e. The fourth-order valence-corrected chi connectivity index (χ4v) is 2.73. The van der Waals surface area contributed by atoms with E-state index in [1.165, 1.54) is 0 Å². The summed E-state index contributed by atoms with van der Waals surface area (Å²) in [6.07, 6.45) is 0. The predicted octanol–water partition coefficient (Wildman–Crippen LogP) is 3.65. The molecule has 25 heavy (non-hydrogen) atoms. The highest BCUT2D eigenvalue weighted by atomic mass is 16.7. The second-order valence-electron chi connectivity index (χ2n) is 6.95. The first kappa shape index (κ1) is 17.2. The molecule has 6 heteroatoms. The van der Waals surface area contributed by atoms with E-state index in [1.807, 2.05) is 44.2 Å². The van der Waals surface area contributed by atoms with E-state index >= 15 is 0 Å². The fourth-order valence-electron chi connectivity index (χ4n) is 2.73. The molecule has 1 atom stereocenters. The minimum absolute atomic E-state index is 0.192. The van der Waals surface area contributed by atoms with Crippen molar-refractivity contribution >= 4 is 6.03 Å². The average molecular weight is 344 g/mol. The van der Waals surface area contributed by atoms with E-state index in [2.05, 4.69) is 24.5 Å². The van der Waals surface area contributed by atoms with Crippen molar-refractivity contribution < 1.29 is 18.7 Å². The van der Waals surface area contributed by atoms with E-state index in [0.717, 1.165) is 28.6 Å². The molecule has 0 radical (unpaired) electrons. The van der Waals surface area contributed by atoms with E-state index in [1.54, 1.807) is 0 Å². The van der Waals surface area contributed by atoms with E-state index < -0.39 is 0 Å².